The van der Waals surface area contributed by atoms with E-state index in [0.29, 0.717) is 36.4 Å². The van der Waals surface area contributed by atoms with Crippen LogP contribution in [0.5, 0.6) is 0 Å². The molecular formula is C18H26NO3-. The van der Waals surface area contributed by atoms with Crippen LogP contribution in [0.3, 0.4) is 0 Å². The number of hydroxylamine groups is 2. The van der Waals surface area contributed by atoms with Crippen molar-refractivity contribution in [2.24, 2.45) is 11.8 Å². The number of aryl methyl sites for hydroxylation is 1. The first-order valence-corrected chi connectivity index (χ1v) is 8.33. The van der Waals surface area contributed by atoms with E-state index in [4.69, 9.17) is 4.84 Å². The van der Waals surface area contributed by atoms with Crippen LogP contribution in [0.4, 0.5) is 0 Å². The molecule has 0 amide bonds. The number of carbonyl (C=O) groups excluding carboxylic acids is 1. The van der Waals surface area contributed by atoms with Crippen LogP contribution in [-0.4, -0.2) is 24.2 Å². The Morgan fingerprint density at radius 3 is 2.77 bits per heavy atom. The molecule has 1 fully saturated rings. The summed E-state index contributed by atoms with van der Waals surface area (Å²) in [6.45, 7) is 2.45. The van der Waals surface area contributed by atoms with E-state index in [1.54, 1.807) is 6.92 Å². The number of nitrogens with zero attached hydrogens (tertiary/aromatic N) is 1. The summed E-state index contributed by atoms with van der Waals surface area (Å²) in [5.41, 5.74) is 1.36. The van der Waals surface area contributed by atoms with Gasteiger partial charge < -0.3 is 10.0 Å². The zero-order valence-electron chi connectivity index (χ0n) is 13.4. The number of benzene rings is 1. The lowest BCUT2D eigenvalue weighted by Crippen LogP contribution is -2.29. The van der Waals surface area contributed by atoms with Crippen LogP contribution in [0.25, 0.3) is 0 Å². The van der Waals surface area contributed by atoms with Gasteiger partial charge in [0.25, 0.3) is 0 Å². The van der Waals surface area contributed by atoms with E-state index < -0.39 is 0 Å². The smallest absolute Gasteiger partial charge is 0.136 e. The van der Waals surface area contributed by atoms with Gasteiger partial charge in [-0.3, -0.25) is 10.0 Å². The van der Waals surface area contributed by atoms with Gasteiger partial charge in [-0.2, -0.15) is 0 Å². The van der Waals surface area contributed by atoms with E-state index in [-0.39, 0.29) is 12.5 Å². The van der Waals surface area contributed by atoms with Crippen LogP contribution in [0, 0.1) is 17.0 Å². The molecule has 2 rings (SSSR count). The average molecular weight is 304 g/mol. The number of hydrogen-bond donors (Lipinski definition) is 0. The summed E-state index contributed by atoms with van der Waals surface area (Å²) in [5.74, 6) is 0.947. The zero-order valence-corrected chi connectivity index (χ0v) is 13.4. The van der Waals surface area contributed by atoms with Gasteiger partial charge in [0, 0.05) is 18.9 Å². The number of Topliss-reactive ketones (excluding diaryl/α,β-unsaturated/α-hetero) is 1. The van der Waals surface area contributed by atoms with Crippen molar-refractivity contribution < 1.29 is 9.63 Å². The lowest BCUT2D eigenvalue weighted by atomic mass is 9.77. The van der Waals surface area contributed by atoms with Crippen molar-refractivity contribution in [2.45, 2.75) is 45.4 Å². The molecule has 0 radical (unpaired) electrons. The van der Waals surface area contributed by atoms with Gasteiger partial charge in [-0.15, -0.1) is 0 Å². The van der Waals surface area contributed by atoms with E-state index in [9.17, 15) is 10.0 Å². The standard InChI is InChI=1S/C18H26NO3/c1-2-22-19(21)13-12-17-14-16(10-11-18(17)20)9-8-15-6-4-3-5-7-15/h3-7,16-17H,2,8-14H2,1H3/q-1. The van der Waals surface area contributed by atoms with Crippen LogP contribution in [0.15, 0.2) is 30.3 Å². The Morgan fingerprint density at radius 1 is 1.27 bits per heavy atom. The molecular weight excluding hydrogens is 278 g/mol. The number of ketones is 1. The highest BCUT2D eigenvalue weighted by Crippen LogP contribution is 2.31. The lowest BCUT2D eigenvalue weighted by Gasteiger charge is -2.32. The Balaban J connectivity index is 1.76. The van der Waals surface area contributed by atoms with Crippen LogP contribution >= 0.6 is 0 Å². The van der Waals surface area contributed by atoms with Crippen LogP contribution < -0.4 is 0 Å². The molecule has 1 aromatic carbocycles. The fraction of sp³-hybridized carbons (Fsp3) is 0.611. The molecule has 0 bridgehead atoms. The highest BCUT2D eigenvalue weighted by molar-refractivity contribution is 5.81. The van der Waals surface area contributed by atoms with Crippen LogP contribution in [0.1, 0.15) is 44.6 Å². The molecule has 0 heterocycles. The Bertz CT molecular complexity index is 449. The summed E-state index contributed by atoms with van der Waals surface area (Å²) in [7, 11) is 0. The fourth-order valence-electron chi connectivity index (χ4n) is 3.23. The molecule has 0 aliphatic heterocycles. The second-order valence-electron chi connectivity index (χ2n) is 6.09. The van der Waals surface area contributed by atoms with Gasteiger partial charge in [-0.1, -0.05) is 30.3 Å². The molecule has 122 valence electrons. The van der Waals surface area contributed by atoms with Crippen molar-refractivity contribution in [3.63, 3.8) is 0 Å². The molecule has 0 spiro atoms. The summed E-state index contributed by atoms with van der Waals surface area (Å²) >= 11 is 0. The van der Waals surface area contributed by atoms with Crippen LogP contribution in [-0.2, 0) is 16.1 Å². The van der Waals surface area contributed by atoms with Gasteiger partial charge in [0.2, 0.25) is 0 Å². The number of hydrogen-bond acceptors (Lipinski definition) is 4. The molecule has 1 saturated carbocycles. The molecule has 4 heteroatoms. The second kappa shape index (κ2) is 9.03. The predicted octanol–water partition coefficient (Wildman–Crippen LogP) is 3.75. The van der Waals surface area contributed by atoms with Gasteiger partial charge in [0.1, 0.15) is 5.78 Å². The SMILES string of the molecule is CCON([O-])CCC1CC(CCc2ccccc2)CCC1=O. The fourth-order valence-corrected chi connectivity index (χ4v) is 3.23. The van der Waals surface area contributed by atoms with Gasteiger partial charge >= 0.3 is 0 Å². The highest BCUT2D eigenvalue weighted by atomic mass is 16.9. The molecule has 1 aliphatic rings. The maximum atomic E-state index is 12.0. The first kappa shape index (κ1) is 17.1. The molecule has 0 saturated heterocycles. The largest absolute Gasteiger partial charge is 0.762 e. The normalized spacial score (nSPS) is 22.2. The monoisotopic (exact) mass is 304 g/mol. The molecule has 2 atom stereocenters. The van der Waals surface area contributed by atoms with Crippen molar-refractivity contribution in [2.75, 3.05) is 13.2 Å². The molecule has 22 heavy (non-hydrogen) atoms. The molecule has 4 nitrogen and oxygen atoms in total. The van der Waals surface area contributed by atoms with Crippen molar-refractivity contribution in [3.8, 4) is 0 Å². The molecule has 2 unspecified atom stereocenters. The topological polar surface area (TPSA) is 52.6 Å². The quantitative estimate of drug-likeness (QED) is 0.686. The Morgan fingerprint density at radius 2 is 2.05 bits per heavy atom. The van der Waals surface area contributed by atoms with Crippen molar-refractivity contribution in [3.05, 3.63) is 41.1 Å². The molecule has 1 aliphatic carbocycles. The summed E-state index contributed by atoms with van der Waals surface area (Å²) in [6.07, 6.45) is 5.39. The van der Waals surface area contributed by atoms with Gasteiger partial charge in [-0.05, 0) is 50.5 Å². The summed E-state index contributed by atoms with van der Waals surface area (Å²) in [5, 5.41) is 12.0. The number of carbonyl (C=O) groups is 1. The molecule has 0 N–H and O–H groups in total. The second-order valence-corrected chi connectivity index (χ2v) is 6.09. The van der Waals surface area contributed by atoms with Gasteiger partial charge in [0.05, 0.1) is 6.61 Å². The van der Waals surface area contributed by atoms with Crippen molar-refractivity contribution in [1.82, 2.24) is 5.23 Å². The minimum Gasteiger partial charge on any atom is -0.762 e. The van der Waals surface area contributed by atoms with Crippen molar-refractivity contribution in [1.29, 1.82) is 0 Å². The summed E-state index contributed by atoms with van der Waals surface area (Å²) in [4.78, 5) is 16.9. The van der Waals surface area contributed by atoms with Gasteiger partial charge in [0.15, 0.2) is 0 Å². The zero-order chi connectivity index (χ0) is 15.8. The summed E-state index contributed by atoms with van der Waals surface area (Å²) < 4.78 is 0. The Hall–Kier alpha value is -1.23. The third kappa shape index (κ3) is 5.52. The first-order chi connectivity index (χ1) is 10.7. The van der Waals surface area contributed by atoms with E-state index in [2.05, 4.69) is 24.3 Å². The number of rotatable bonds is 8. The molecule has 0 aromatic heterocycles. The third-order valence-corrected chi connectivity index (χ3v) is 4.49. The van der Waals surface area contributed by atoms with E-state index in [1.807, 2.05) is 6.07 Å². The van der Waals surface area contributed by atoms with E-state index >= 15 is 0 Å². The average Bonchev–Trinajstić information content (AvgIpc) is 2.54. The predicted molar refractivity (Wildman–Crippen MR) is 86.9 cm³/mol. The molecule has 1 aromatic rings. The minimum absolute atomic E-state index is 0.0337. The van der Waals surface area contributed by atoms with Crippen LogP contribution in [0.2, 0.25) is 0 Å². The summed E-state index contributed by atoms with van der Waals surface area (Å²) in [6, 6.07) is 10.5. The van der Waals surface area contributed by atoms with E-state index in [1.165, 1.54) is 5.56 Å². The first-order valence-electron chi connectivity index (χ1n) is 8.33. The van der Waals surface area contributed by atoms with E-state index in [0.717, 1.165) is 25.7 Å². The third-order valence-electron chi connectivity index (χ3n) is 4.49. The Kier molecular flexibility index (Phi) is 7.03. The van der Waals surface area contributed by atoms with Gasteiger partial charge in [-0.25, -0.2) is 0 Å². The van der Waals surface area contributed by atoms with Crippen molar-refractivity contribution >= 4 is 5.78 Å². The Labute approximate surface area is 133 Å². The maximum Gasteiger partial charge on any atom is 0.136 e. The highest BCUT2D eigenvalue weighted by Gasteiger charge is 2.28. The lowest BCUT2D eigenvalue weighted by molar-refractivity contribution is -0.131. The maximum absolute atomic E-state index is 12.0. The minimum atomic E-state index is 0.0337.